The molecule has 0 bridgehead atoms. The molecule has 0 N–H and O–H groups in total. The number of halogens is 2. The van der Waals surface area contributed by atoms with E-state index in [4.69, 9.17) is 37.4 Å². The molecule has 0 aliphatic carbocycles. The van der Waals surface area contributed by atoms with Crippen molar-refractivity contribution < 1.29 is 32.2 Å². The van der Waals surface area contributed by atoms with Gasteiger partial charge >= 0.3 is 5.97 Å². The lowest BCUT2D eigenvalue weighted by atomic mass is 9.96. The van der Waals surface area contributed by atoms with Crippen molar-refractivity contribution in [3.05, 3.63) is 51.0 Å². The standard InChI is InChI=1S/C25H28Cl2N2O7S/c1-14(2)17-11-16(34-4)12-20-21(17)24(30)29(37(20,32)33)13-35-25(31)22-18(26)7-8-19(23(22)27)36-15(3)28-9-5-6-10-28/h7-8,11-12,14-15H,5-6,9-10,13H2,1-4H3. The Bertz CT molecular complexity index is 1340. The maximum absolute atomic E-state index is 13.2. The molecule has 1 atom stereocenters. The van der Waals surface area contributed by atoms with E-state index in [0.717, 1.165) is 25.9 Å². The minimum atomic E-state index is -4.29. The van der Waals surface area contributed by atoms with Crippen molar-refractivity contribution in [3.8, 4) is 11.5 Å². The fourth-order valence-corrected chi connectivity index (χ4v) is 6.50. The molecule has 4 rings (SSSR count). The highest BCUT2D eigenvalue weighted by Gasteiger charge is 2.44. The molecule has 12 heteroatoms. The van der Waals surface area contributed by atoms with Gasteiger partial charge in [0.2, 0.25) is 0 Å². The molecule has 1 fully saturated rings. The van der Waals surface area contributed by atoms with E-state index >= 15 is 0 Å². The van der Waals surface area contributed by atoms with Crippen LogP contribution in [0.5, 0.6) is 11.5 Å². The van der Waals surface area contributed by atoms with Crippen LogP contribution in [-0.2, 0) is 14.8 Å². The largest absolute Gasteiger partial charge is 0.497 e. The maximum atomic E-state index is 13.2. The first-order valence-corrected chi connectivity index (χ1v) is 14.0. The highest BCUT2D eigenvalue weighted by molar-refractivity contribution is 7.90. The lowest BCUT2D eigenvalue weighted by Gasteiger charge is -2.25. The number of rotatable bonds is 8. The molecule has 9 nitrogen and oxygen atoms in total. The number of esters is 1. The van der Waals surface area contributed by atoms with E-state index in [2.05, 4.69) is 4.90 Å². The van der Waals surface area contributed by atoms with Crippen LogP contribution in [0.2, 0.25) is 10.0 Å². The maximum Gasteiger partial charge on any atom is 0.343 e. The first-order valence-electron chi connectivity index (χ1n) is 11.8. The van der Waals surface area contributed by atoms with E-state index in [1.807, 2.05) is 20.8 Å². The van der Waals surface area contributed by atoms with Crippen LogP contribution < -0.4 is 9.47 Å². The van der Waals surface area contributed by atoms with Crippen molar-refractivity contribution >= 4 is 45.1 Å². The third-order valence-corrected chi connectivity index (χ3v) is 8.92. The van der Waals surface area contributed by atoms with Crippen LogP contribution in [0.1, 0.15) is 65.8 Å². The Morgan fingerprint density at radius 3 is 2.41 bits per heavy atom. The van der Waals surface area contributed by atoms with Gasteiger partial charge < -0.3 is 14.2 Å². The Balaban J connectivity index is 1.56. The Labute approximate surface area is 226 Å². The van der Waals surface area contributed by atoms with Gasteiger partial charge in [0.15, 0.2) is 6.73 Å². The normalized spacial score (nSPS) is 17.7. The number of hydrogen-bond acceptors (Lipinski definition) is 8. The Kier molecular flexibility index (Phi) is 7.94. The molecule has 1 saturated heterocycles. The van der Waals surface area contributed by atoms with Gasteiger partial charge in [0.25, 0.3) is 15.9 Å². The van der Waals surface area contributed by atoms with Crippen LogP contribution in [0, 0.1) is 0 Å². The second kappa shape index (κ2) is 10.7. The summed E-state index contributed by atoms with van der Waals surface area (Å²) in [6.07, 6.45) is 1.88. The second-order valence-corrected chi connectivity index (χ2v) is 11.8. The SMILES string of the molecule is COc1cc(C(C)C)c2c(c1)S(=O)(=O)N(COC(=O)c1c(Cl)ccc(OC(C)N3CCCC3)c1Cl)C2=O. The minimum Gasteiger partial charge on any atom is -0.497 e. The molecule has 37 heavy (non-hydrogen) atoms. The second-order valence-electron chi connectivity index (χ2n) is 9.16. The summed E-state index contributed by atoms with van der Waals surface area (Å²) >= 11 is 12.7. The Morgan fingerprint density at radius 2 is 1.78 bits per heavy atom. The van der Waals surface area contributed by atoms with Crippen LogP contribution in [-0.4, -0.2) is 62.7 Å². The molecule has 2 aromatic rings. The lowest BCUT2D eigenvalue weighted by molar-refractivity contribution is 0.0354. The first kappa shape index (κ1) is 27.5. The van der Waals surface area contributed by atoms with E-state index in [1.54, 1.807) is 12.1 Å². The van der Waals surface area contributed by atoms with Crippen LogP contribution in [0.25, 0.3) is 0 Å². The zero-order valence-electron chi connectivity index (χ0n) is 20.9. The molecule has 1 amide bonds. The van der Waals surface area contributed by atoms with E-state index in [-0.39, 0.29) is 44.0 Å². The molecule has 0 spiro atoms. The van der Waals surface area contributed by atoms with Crippen molar-refractivity contribution in [2.24, 2.45) is 0 Å². The summed E-state index contributed by atoms with van der Waals surface area (Å²) in [6.45, 7) is 6.49. The summed E-state index contributed by atoms with van der Waals surface area (Å²) in [6, 6.07) is 5.91. The van der Waals surface area contributed by atoms with Gasteiger partial charge in [-0.2, -0.15) is 4.31 Å². The van der Waals surface area contributed by atoms with Crippen molar-refractivity contribution in [1.29, 1.82) is 0 Å². The Morgan fingerprint density at radius 1 is 1.11 bits per heavy atom. The average molecular weight is 571 g/mol. The fourth-order valence-electron chi connectivity index (χ4n) is 4.46. The monoisotopic (exact) mass is 570 g/mol. The van der Waals surface area contributed by atoms with Gasteiger partial charge in [0, 0.05) is 19.2 Å². The minimum absolute atomic E-state index is 0.00176. The number of ether oxygens (including phenoxy) is 3. The molecule has 2 aliphatic rings. The summed E-state index contributed by atoms with van der Waals surface area (Å²) < 4.78 is 43.3. The number of carbonyl (C=O) groups is 2. The number of fused-ring (bicyclic) bond motifs is 1. The zero-order valence-corrected chi connectivity index (χ0v) is 23.2. The highest BCUT2D eigenvalue weighted by Crippen LogP contribution is 2.39. The molecule has 2 aliphatic heterocycles. The molecular formula is C25H28Cl2N2O7S. The zero-order chi connectivity index (χ0) is 27.1. The molecule has 0 saturated carbocycles. The predicted molar refractivity (Wildman–Crippen MR) is 138 cm³/mol. The van der Waals surface area contributed by atoms with Gasteiger partial charge in [-0.05, 0) is 49.4 Å². The van der Waals surface area contributed by atoms with E-state index in [9.17, 15) is 18.0 Å². The summed E-state index contributed by atoms with van der Waals surface area (Å²) in [5, 5.41) is -0.0591. The molecule has 0 radical (unpaired) electrons. The van der Waals surface area contributed by atoms with E-state index < -0.39 is 28.6 Å². The number of methoxy groups -OCH3 is 1. The van der Waals surface area contributed by atoms with Crippen LogP contribution in [0.4, 0.5) is 0 Å². The molecule has 0 aromatic heterocycles. The summed E-state index contributed by atoms with van der Waals surface area (Å²) in [4.78, 5) is 28.1. The molecule has 200 valence electrons. The molecule has 2 aromatic carbocycles. The number of benzene rings is 2. The smallest absolute Gasteiger partial charge is 0.343 e. The van der Waals surface area contributed by atoms with Crippen molar-refractivity contribution in [3.63, 3.8) is 0 Å². The van der Waals surface area contributed by atoms with Gasteiger partial charge in [0.1, 0.15) is 28.2 Å². The fraction of sp³-hybridized carbons (Fsp3) is 0.440. The molecule has 1 unspecified atom stereocenters. The van der Waals surface area contributed by atoms with Gasteiger partial charge in [-0.15, -0.1) is 0 Å². The summed E-state index contributed by atoms with van der Waals surface area (Å²) in [5.41, 5.74) is 0.370. The Hall–Kier alpha value is -2.53. The number of likely N-dealkylation sites (tertiary alicyclic amines) is 1. The first-order chi connectivity index (χ1) is 17.5. The number of sulfonamides is 1. The van der Waals surface area contributed by atoms with Crippen LogP contribution in [0.3, 0.4) is 0 Å². The van der Waals surface area contributed by atoms with Crippen LogP contribution >= 0.6 is 23.2 Å². The van der Waals surface area contributed by atoms with Gasteiger partial charge in [-0.3, -0.25) is 9.69 Å². The quantitative estimate of drug-likeness (QED) is 0.412. The third-order valence-electron chi connectivity index (χ3n) is 6.50. The number of carbonyl (C=O) groups excluding carboxylic acids is 2. The topological polar surface area (TPSA) is 102 Å². The number of amides is 1. The number of nitrogens with zero attached hydrogens (tertiary/aromatic N) is 2. The van der Waals surface area contributed by atoms with Gasteiger partial charge in [-0.25, -0.2) is 13.2 Å². The molecular weight excluding hydrogens is 543 g/mol. The third kappa shape index (κ3) is 5.12. The van der Waals surface area contributed by atoms with Crippen molar-refractivity contribution in [1.82, 2.24) is 9.21 Å². The lowest BCUT2D eigenvalue weighted by Crippen LogP contribution is -2.35. The summed E-state index contributed by atoms with van der Waals surface area (Å²) in [7, 11) is -2.88. The summed E-state index contributed by atoms with van der Waals surface area (Å²) in [5.74, 6) is -1.40. The van der Waals surface area contributed by atoms with Crippen molar-refractivity contribution in [2.75, 3.05) is 26.9 Å². The number of hydrogen-bond donors (Lipinski definition) is 0. The van der Waals surface area contributed by atoms with Crippen LogP contribution in [0.15, 0.2) is 29.2 Å². The van der Waals surface area contributed by atoms with Gasteiger partial charge in [-0.1, -0.05) is 37.0 Å². The predicted octanol–water partition coefficient (Wildman–Crippen LogP) is 4.91. The van der Waals surface area contributed by atoms with E-state index in [0.29, 0.717) is 15.6 Å². The average Bonchev–Trinajstić information content (AvgIpc) is 3.45. The van der Waals surface area contributed by atoms with Gasteiger partial charge in [0.05, 0.1) is 22.7 Å². The molecule has 2 heterocycles. The highest BCUT2D eigenvalue weighted by atomic mass is 35.5. The van der Waals surface area contributed by atoms with Crippen molar-refractivity contribution in [2.45, 2.75) is 50.7 Å². The van der Waals surface area contributed by atoms with E-state index in [1.165, 1.54) is 19.2 Å².